The van der Waals surface area contributed by atoms with Crippen LogP contribution in [-0.4, -0.2) is 10.2 Å². The minimum atomic E-state index is 0.894. The normalized spacial score (nSPS) is 8.70. The second kappa shape index (κ2) is 2.76. The van der Waals surface area contributed by atoms with Crippen LogP contribution < -0.4 is 0 Å². The Morgan fingerprint density at radius 1 is 1.50 bits per heavy atom. The predicted octanol–water partition coefficient (Wildman–Crippen LogP) is 1.57. The van der Waals surface area contributed by atoms with E-state index in [1.54, 1.807) is 0 Å². The lowest BCUT2D eigenvalue weighted by Gasteiger charge is -1.83. The Kier molecular flexibility index (Phi) is 1.98. The summed E-state index contributed by atoms with van der Waals surface area (Å²) >= 11 is 5.23. The molecule has 0 amide bonds. The first-order valence-electron chi connectivity index (χ1n) is 2.89. The van der Waals surface area contributed by atoms with E-state index in [-0.39, 0.29) is 0 Å². The van der Waals surface area contributed by atoms with Crippen molar-refractivity contribution < 1.29 is 0 Å². The van der Waals surface area contributed by atoms with Gasteiger partial charge in [-0.25, -0.2) is 0 Å². The highest BCUT2D eigenvalue weighted by Gasteiger charge is 2.00. The van der Waals surface area contributed by atoms with E-state index in [1.165, 1.54) is 0 Å². The first kappa shape index (κ1) is 7.17. The summed E-state index contributed by atoms with van der Waals surface area (Å²) in [4.78, 5) is 0. The second-order valence-corrected chi connectivity index (χ2v) is 2.22. The van der Waals surface area contributed by atoms with Crippen LogP contribution >= 0.6 is 11.6 Å². The Balaban J connectivity index is 3.18. The van der Waals surface area contributed by atoms with Crippen LogP contribution in [0, 0.1) is 25.1 Å². The minimum absolute atomic E-state index is 0.894. The number of hydrogen-bond donors (Lipinski definition) is 1. The molecule has 0 unspecified atom stereocenters. The van der Waals surface area contributed by atoms with E-state index in [0.717, 1.165) is 17.0 Å². The topological polar surface area (TPSA) is 28.7 Å². The summed E-state index contributed by atoms with van der Waals surface area (Å²) in [5.74, 6) is 2.75. The van der Waals surface area contributed by atoms with E-state index in [2.05, 4.69) is 21.5 Å². The highest BCUT2D eigenvalue weighted by molar-refractivity contribution is 6.30. The molecule has 1 aromatic heterocycles. The lowest BCUT2D eigenvalue weighted by Crippen LogP contribution is -1.77. The van der Waals surface area contributed by atoms with Crippen molar-refractivity contribution in [3.8, 4) is 11.3 Å². The summed E-state index contributed by atoms with van der Waals surface area (Å²) in [7, 11) is 0. The maximum Gasteiger partial charge on any atom is 0.0750 e. The summed E-state index contributed by atoms with van der Waals surface area (Å²) in [6.45, 7) is 3.80. The lowest BCUT2D eigenvalue weighted by molar-refractivity contribution is 1.02. The highest BCUT2D eigenvalue weighted by Crippen LogP contribution is 2.06. The van der Waals surface area contributed by atoms with E-state index >= 15 is 0 Å². The average Bonchev–Trinajstić information content (AvgIpc) is 2.20. The third-order valence-corrected chi connectivity index (χ3v) is 1.39. The molecule has 0 fully saturated rings. The van der Waals surface area contributed by atoms with Gasteiger partial charge in [0.1, 0.15) is 0 Å². The van der Waals surface area contributed by atoms with Gasteiger partial charge in [0, 0.05) is 11.1 Å². The second-order valence-electron chi connectivity index (χ2n) is 2.03. The number of aryl methyl sites for hydroxylation is 2. The third kappa shape index (κ3) is 1.14. The molecular formula is C7H7ClN2. The van der Waals surface area contributed by atoms with E-state index in [1.807, 2.05) is 13.8 Å². The maximum absolute atomic E-state index is 5.23. The molecular weight excluding hydrogens is 148 g/mol. The van der Waals surface area contributed by atoms with E-state index in [0.29, 0.717) is 0 Å². The fourth-order valence-corrected chi connectivity index (χ4v) is 0.877. The van der Waals surface area contributed by atoms with Gasteiger partial charge in [0.15, 0.2) is 0 Å². The fraction of sp³-hybridized carbons (Fsp3) is 0.286. The monoisotopic (exact) mass is 154 g/mol. The van der Waals surface area contributed by atoms with Crippen LogP contribution in [0.1, 0.15) is 17.0 Å². The van der Waals surface area contributed by atoms with Crippen LogP contribution in [0.5, 0.6) is 0 Å². The molecule has 1 heterocycles. The number of aromatic nitrogens is 2. The number of aromatic amines is 1. The van der Waals surface area contributed by atoms with Gasteiger partial charge in [-0.05, 0) is 31.4 Å². The molecule has 0 aliphatic heterocycles. The van der Waals surface area contributed by atoms with Gasteiger partial charge in [-0.1, -0.05) is 0 Å². The number of H-pyrrole nitrogens is 1. The zero-order valence-corrected chi connectivity index (χ0v) is 6.58. The van der Waals surface area contributed by atoms with E-state index < -0.39 is 0 Å². The molecule has 52 valence electrons. The Morgan fingerprint density at radius 2 is 2.20 bits per heavy atom. The van der Waals surface area contributed by atoms with Gasteiger partial charge in [0.05, 0.1) is 11.3 Å². The van der Waals surface area contributed by atoms with Gasteiger partial charge in [-0.2, -0.15) is 5.10 Å². The van der Waals surface area contributed by atoms with Crippen molar-refractivity contribution >= 4 is 11.6 Å². The molecule has 0 spiro atoms. The lowest BCUT2D eigenvalue weighted by atomic mass is 10.2. The first-order valence-corrected chi connectivity index (χ1v) is 3.26. The molecule has 3 heteroatoms. The average molecular weight is 155 g/mol. The van der Waals surface area contributed by atoms with Crippen LogP contribution in [0.3, 0.4) is 0 Å². The van der Waals surface area contributed by atoms with Gasteiger partial charge in [0.2, 0.25) is 0 Å². The largest absolute Gasteiger partial charge is 0.281 e. The molecule has 0 radical (unpaired) electrons. The van der Waals surface area contributed by atoms with Crippen molar-refractivity contribution in [1.82, 2.24) is 10.2 Å². The smallest absolute Gasteiger partial charge is 0.0750 e. The molecule has 0 aromatic carbocycles. The first-order chi connectivity index (χ1) is 4.75. The fourth-order valence-electron chi connectivity index (χ4n) is 0.782. The number of nitrogens with one attached hydrogen (secondary N) is 1. The van der Waals surface area contributed by atoms with Crippen molar-refractivity contribution in [1.29, 1.82) is 0 Å². The van der Waals surface area contributed by atoms with Gasteiger partial charge in [-0.3, -0.25) is 5.10 Å². The van der Waals surface area contributed by atoms with Crippen LogP contribution in [0.4, 0.5) is 0 Å². The van der Waals surface area contributed by atoms with Crippen LogP contribution in [0.25, 0.3) is 0 Å². The Hall–Kier alpha value is -0.940. The van der Waals surface area contributed by atoms with Gasteiger partial charge < -0.3 is 0 Å². The summed E-state index contributed by atoms with van der Waals surface area (Å²) in [6, 6.07) is 0. The molecule has 0 atom stereocenters. The number of hydrogen-bond acceptors (Lipinski definition) is 1. The molecule has 0 bridgehead atoms. The van der Waals surface area contributed by atoms with Crippen molar-refractivity contribution in [2.45, 2.75) is 13.8 Å². The van der Waals surface area contributed by atoms with E-state index in [9.17, 15) is 0 Å². The number of halogens is 1. The molecule has 1 rings (SSSR count). The quantitative estimate of drug-likeness (QED) is 0.565. The van der Waals surface area contributed by atoms with Crippen LogP contribution in [0.2, 0.25) is 0 Å². The summed E-state index contributed by atoms with van der Waals surface area (Å²) in [6.07, 6.45) is 0. The molecule has 2 nitrogen and oxygen atoms in total. The zero-order valence-electron chi connectivity index (χ0n) is 5.83. The van der Waals surface area contributed by atoms with Gasteiger partial charge >= 0.3 is 0 Å². The van der Waals surface area contributed by atoms with Crippen molar-refractivity contribution in [2.75, 3.05) is 0 Å². The SMILES string of the molecule is Cc1n[nH]c(C)c1C#CCl. The molecule has 0 aliphatic carbocycles. The minimum Gasteiger partial charge on any atom is -0.281 e. The maximum atomic E-state index is 5.23. The molecule has 1 aromatic rings. The van der Waals surface area contributed by atoms with Crippen LogP contribution in [-0.2, 0) is 0 Å². The van der Waals surface area contributed by atoms with E-state index in [4.69, 9.17) is 11.6 Å². The van der Waals surface area contributed by atoms with Gasteiger partial charge in [-0.15, -0.1) is 0 Å². The van der Waals surface area contributed by atoms with Crippen molar-refractivity contribution in [2.24, 2.45) is 0 Å². The predicted molar refractivity (Wildman–Crippen MR) is 40.8 cm³/mol. The Bertz CT molecular complexity index is 271. The number of nitrogens with zero attached hydrogens (tertiary/aromatic N) is 1. The summed E-state index contributed by atoms with van der Waals surface area (Å²) in [5.41, 5.74) is 2.76. The third-order valence-electron chi connectivity index (χ3n) is 1.30. The zero-order chi connectivity index (χ0) is 7.56. The molecule has 1 N–H and O–H groups in total. The van der Waals surface area contributed by atoms with Crippen molar-refractivity contribution in [3.63, 3.8) is 0 Å². The van der Waals surface area contributed by atoms with Crippen molar-refractivity contribution in [3.05, 3.63) is 17.0 Å². The Morgan fingerprint density at radius 3 is 2.60 bits per heavy atom. The summed E-state index contributed by atoms with van der Waals surface area (Å²) < 4.78 is 0. The number of rotatable bonds is 0. The molecule has 0 aliphatic rings. The standard InChI is InChI=1S/C7H7ClN2/c1-5-7(3-4-8)6(2)10-9-5/h1-2H3,(H,9,10). The van der Waals surface area contributed by atoms with Crippen LogP contribution in [0.15, 0.2) is 0 Å². The highest BCUT2D eigenvalue weighted by atomic mass is 35.5. The van der Waals surface area contributed by atoms with Gasteiger partial charge in [0.25, 0.3) is 0 Å². The summed E-state index contributed by atoms with van der Waals surface area (Å²) in [5, 5.41) is 9.07. The Labute approximate surface area is 64.6 Å². The molecule has 10 heavy (non-hydrogen) atoms. The molecule has 0 saturated heterocycles. The molecule has 0 saturated carbocycles.